The van der Waals surface area contributed by atoms with Crippen molar-refractivity contribution < 1.29 is 13.6 Å². The Hall–Kier alpha value is 0.530. The Morgan fingerprint density at radius 2 is 1.93 bits per heavy atom. The first-order chi connectivity index (χ1) is 6.54. The Balaban J connectivity index is 4.09. The fourth-order valence-corrected chi connectivity index (χ4v) is 4.05. The molecular formula is C8H16ClO3PS. The van der Waals surface area contributed by atoms with E-state index in [1.807, 2.05) is 0 Å². The second kappa shape index (κ2) is 7.77. The van der Waals surface area contributed by atoms with E-state index < -0.39 is 6.80 Å². The SMILES string of the molecule is CCOP(=O)(OCC)SC/C=C(\C)Cl. The van der Waals surface area contributed by atoms with Gasteiger partial charge in [0.05, 0.1) is 13.2 Å². The molecule has 14 heavy (non-hydrogen) atoms. The van der Waals surface area contributed by atoms with Gasteiger partial charge in [-0.1, -0.05) is 17.7 Å². The van der Waals surface area contributed by atoms with Crippen LogP contribution in [0.15, 0.2) is 11.1 Å². The normalized spacial score (nSPS) is 13.3. The third-order valence-electron chi connectivity index (χ3n) is 1.17. The van der Waals surface area contributed by atoms with Crippen LogP contribution in [0.5, 0.6) is 0 Å². The molecule has 0 unspecified atom stereocenters. The van der Waals surface area contributed by atoms with E-state index in [9.17, 15) is 4.57 Å². The molecule has 0 amide bonds. The second-order valence-electron chi connectivity index (χ2n) is 2.37. The Kier molecular flexibility index (Phi) is 8.07. The van der Waals surface area contributed by atoms with E-state index in [0.29, 0.717) is 24.0 Å². The van der Waals surface area contributed by atoms with Crippen LogP contribution < -0.4 is 0 Å². The lowest BCUT2D eigenvalue weighted by atomic mass is 10.6. The van der Waals surface area contributed by atoms with Crippen molar-refractivity contribution in [3.63, 3.8) is 0 Å². The van der Waals surface area contributed by atoms with Crippen LogP contribution in [0.1, 0.15) is 20.8 Å². The first-order valence-electron chi connectivity index (χ1n) is 4.40. The van der Waals surface area contributed by atoms with Crippen LogP contribution >= 0.6 is 29.8 Å². The Morgan fingerprint density at radius 1 is 1.43 bits per heavy atom. The molecule has 0 atom stereocenters. The minimum absolute atomic E-state index is 0.383. The fourth-order valence-electron chi connectivity index (χ4n) is 0.671. The van der Waals surface area contributed by atoms with Crippen molar-refractivity contribution in [2.45, 2.75) is 20.8 Å². The number of hydrogen-bond acceptors (Lipinski definition) is 4. The van der Waals surface area contributed by atoms with Crippen LogP contribution in [-0.4, -0.2) is 19.0 Å². The van der Waals surface area contributed by atoms with Crippen LogP contribution in [-0.2, 0) is 13.6 Å². The van der Waals surface area contributed by atoms with E-state index in [1.165, 1.54) is 0 Å². The molecule has 0 bridgehead atoms. The maximum Gasteiger partial charge on any atom is 0.389 e. The lowest BCUT2D eigenvalue weighted by Crippen LogP contribution is -1.92. The molecule has 0 aromatic rings. The highest BCUT2D eigenvalue weighted by molar-refractivity contribution is 8.55. The molecule has 0 spiro atoms. The van der Waals surface area contributed by atoms with Gasteiger partial charge in [-0.2, -0.15) is 0 Å². The minimum atomic E-state index is -2.96. The number of halogens is 1. The highest BCUT2D eigenvalue weighted by Gasteiger charge is 2.23. The van der Waals surface area contributed by atoms with Gasteiger partial charge in [0.1, 0.15) is 0 Å². The maximum absolute atomic E-state index is 11.8. The summed E-state index contributed by atoms with van der Waals surface area (Å²) in [5.41, 5.74) is 0. The van der Waals surface area contributed by atoms with E-state index in [2.05, 4.69) is 0 Å². The molecule has 3 nitrogen and oxygen atoms in total. The average molecular weight is 259 g/mol. The molecule has 0 N–H and O–H groups in total. The van der Waals surface area contributed by atoms with Crippen molar-refractivity contribution >= 4 is 29.8 Å². The van der Waals surface area contributed by atoms with Crippen molar-refractivity contribution in [1.82, 2.24) is 0 Å². The smallest absolute Gasteiger partial charge is 0.301 e. The minimum Gasteiger partial charge on any atom is -0.301 e. The molecule has 0 heterocycles. The van der Waals surface area contributed by atoms with Gasteiger partial charge in [0.25, 0.3) is 0 Å². The van der Waals surface area contributed by atoms with Gasteiger partial charge in [0, 0.05) is 10.8 Å². The number of allylic oxidation sites excluding steroid dienone is 1. The van der Waals surface area contributed by atoms with Crippen molar-refractivity contribution in [2.24, 2.45) is 0 Å². The molecule has 0 aliphatic carbocycles. The Bertz CT molecular complexity index is 219. The van der Waals surface area contributed by atoms with E-state index in [4.69, 9.17) is 20.6 Å². The van der Waals surface area contributed by atoms with Gasteiger partial charge in [-0.05, 0) is 32.2 Å². The zero-order valence-corrected chi connectivity index (χ0v) is 11.1. The monoisotopic (exact) mass is 258 g/mol. The summed E-state index contributed by atoms with van der Waals surface area (Å²) in [4.78, 5) is 0. The van der Waals surface area contributed by atoms with Gasteiger partial charge in [-0.15, -0.1) is 0 Å². The molecule has 0 aromatic carbocycles. The first-order valence-corrected chi connectivity index (χ1v) is 7.91. The predicted octanol–water partition coefficient (Wildman–Crippen LogP) is 4.04. The maximum atomic E-state index is 11.8. The standard InChI is InChI=1S/C8H16ClO3PS/c1-4-11-13(10,12-5-2)14-7-6-8(3)9/h6H,4-5,7H2,1-3H3/b8-6+. The Morgan fingerprint density at radius 3 is 2.29 bits per heavy atom. The first kappa shape index (κ1) is 14.5. The number of hydrogen-bond donors (Lipinski definition) is 0. The van der Waals surface area contributed by atoms with Crippen LogP contribution in [0.25, 0.3) is 0 Å². The van der Waals surface area contributed by atoms with Gasteiger partial charge < -0.3 is 9.05 Å². The summed E-state index contributed by atoms with van der Waals surface area (Å²) in [5, 5.41) is 0.678. The topological polar surface area (TPSA) is 35.5 Å². The summed E-state index contributed by atoms with van der Waals surface area (Å²) < 4.78 is 22.0. The Labute approximate surface area is 94.5 Å². The van der Waals surface area contributed by atoms with Crippen molar-refractivity contribution in [2.75, 3.05) is 19.0 Å². The van der Waals surface area contributed by atoms with Gasteiger partial charge in [-0.3, -0.25) is 0 Å². The van der Waals surface area contributed by atoms with Gasteiger partial charge in [-0.25, -0.2) is 4.57 Å². The molecule has 0 radical (unpaired) electrons. The molecule has 0 fully saturated rings. The third kappa shape index (κ3) is 6.91. The van der Waals surface area contributed by atoms with Crippen LogP contribution in [0, 0.1) is 0 Å². The van der Waals surface area contributed by atoms with E-state index in [1.54, 1.807) is 26.8 Å². The molecule has 0 saturated heterocycles. The summed E-state index contributed by atoms with van der Waals surface area (Å²) in [6.45, 7) is 3.15. The molecule has 0 saturated carbocycles. The van der Waals surface area contributed by atoms with E-state index in [0.717, 1.165) is 11.4 Å². The summed E-state index contributed by atoms with van der Waals surface area (Å²) >= 11 is 6.79. The molecule has 0 rings (SSSR count). The quantitative estimate of drug-likeness (QED) is 0.646. The lowest BCUT2D eigenvalue weighted by Gasteiger charge is -2.14. The van der Waals surface area contributed by atoms with E-state index in [-0.39, 0.29) is 0 Å². The number of rotatable bonds is 7. The largest absolute Gasteiger partial charge is 0.389 e. The van der Waals surface area contributed by atoms with Crippen LogP contribution in [0.4, 0.5) is 0 Å². The van der Waals surface area contributed by atoms with E-state index >= 15 is 0 Å². The van der Waals surface area contributed by atoms with Gasteiger partial charge >= 0.3 is 6.80 Å². The van der Waals surface area contributed by atoms with Crippen molar-refractivity contribution in [3.05, 3.63) is 11.1 Å². The third-order valence-corrected chi connectivity index (χ3v) is 5.14. The molecule has 6 heteroatoms. The molecular weight excluding hydrogens is 243 g/mol. The summed E-state index contributed by atoms with van der Waals surface area (Å²) in [6, 6.07) is 0. The van der Waals surface area contributed by atoms with Gasteiger partial charge in [0.2, 0.25) is 0 Å². The highest BCUT2D eigenvalue weighted by Crippen LogP contribution is 2.60. The highest BCUT2D eigenvalue weighted by atomic mass is 35.5. The zero-order chi connectivity index (χ0) is 11.0. The van der Waals surface area contributed by atoms with Crippen molar-refractivity contribution in [3.8, 4) is 0 Å². The zero-order valence-electron chi connectivity index (χ0n) is 8.66. The summed E-state index contributed by atoms with van der Waals surface area (Å²) in [6.07, 6.45) is 1.77. The van der Waals surface area contributed by atoms with Crippen molar-refractivity contribution in [1.29, 1.82) is 0 Å². The second-order valence-corrected chi connectivity index (χ2v) is 7.08. The summed E-state index contributed by atoms with van der Waals surface area (Å²) in [5.74, 6) is 0.534. The predicted molar refractivity (Wildman–Crippen MR) is 62.9 cm³/mol. The van der Waals surface area contributed by atoms with Gasteiger partial charge in [0.15, 0.2) is 0 Å². The van der Waals surface area contributed by atoms with Crippen LogP contribution in [0.2, 0.25) is 0 Å². The molecule has 0 aliphatic rings. The average Bonchev–Trinajstić information content (AvgIpc) is 2.03. The van der Waals surface area contributed by atoms with Crippen LogP contribution in [0.3, 0.4) is 0 Å². The fraction of sp³-hybridized carbons (Fsp3) is 0.750. The molecule has 0 aromatic heterocycles. The lowest BCUT2D eigenvalue weighted by molar-refractivity contribution is 0.237. The molecule has 0 aliphatic heterocycles. The summed E-state index contributed by atoms with van der Waals surface area (Å²) in [7, 11) is 0. The molecule has 84 valence electrons.